The number of aromatic nitrogens is 3. The van der Waals surface area contributed by atoms with Gasteiger partial charge in [-0.25, -0.2) is 0 Å². The average molecular weight is 416 g/mol. The zero-order valence-electron chi connectivity index (χ0n) is 14.7. The molecule has 4 rings (SSSR count). The molecular weight excluding hydrogens is 398 g/mol. The van der Waals surface area contributed by atoms with Crippen LogP contribution in [0, 0.1) is 13.8 Å². The molecule has 0 atom stereocenters. The molecule has 0 radical (unpaired) electrons. The van der Waals surface area contributed by atoms with Crippen molar-refractivity contribution in [2.75, 3.05) is 7.11 Å². The van der Waals surface area contributed by atoms with Crippen LogP contribution in [0.4, 0.5) is 0 Å². The van der Waals surface area contributed by atoms with Crippen LogP contribution in [0.3, 0.4) is 0 Å². The molecule has 1 fully saturated rings. The van der Waals surface area contributed by atoms with Crippen molar-refractivity contribution >= 4 is 21.7 Å². The minimum Gasteiger partial charge on any atom is -0.496 e. The second kappa shape index (κ2) is 6.39. The van der Waals surface area contributed by atoms with Gasteiger partial charge >= 0.3 is 0 Å². The first-order valence-corrected chi connectivity index (χ1v) is 9.20. The average Bonchev–Trinajstić information content (AvgIpc) is 3.28. The molecule has 1 aliphatic rings. The normalized spacial score (nSPS) is 13.8. The SMILES string of the molecule is COc1ccc(Br)cc1C(=O)c1c(C)[nH]c(-c2nnc(C3CC3)o2)c1C. The van der Waals surface area contributed by atoms with E-state index in [-0.39, 0.29) is 5.78 Å². The number of benzene rings is 1. The highest BCUT2D eigenvalue weighted by atomic mass is 79.9. The van der Waals surface area contributed by atoms with E-state index in [1.54, 1.807) is 19.2 Å². The third kappa shape index (κ3) is 2.86. The number of H-pyrrole nitrogens is 1. The minimum absolute atomic E-state index is 0.109. The van der Waals surface area contributed by atoms with Gasteiger partial charge in [-0.3, -0.25) is 4.79 Å². The molecular formula is C19H18BrN3O3. The summed E-state index contributed by atoms with van der Waals surface area (Å²) in [5, 5.41) is 8.28. The van der Waals surface area contributed by atoms with E-state index in [2.05, 4.69) is 31.1 Å². The lowest BCUT2D eigenvalue weighted by Crippen LogP contribution is -2.06. The zero-order chi connectivity index (χ0) is 18.4. The van der Waals surface area contributed by atoms with Crippen LogP contribution in [0.5, 0.6) is 5.75 Å². The number of nitrogens with zero attached hydrogens (tertiary/aromatic N) is 2. The lowest BCUT2D eigenvalue weighted by molar-refractivity contribution is 0.103. The quantitative estimate of drug-likeness (QED) is 0.617. The molecule has 134 valence electrons. The van der Waals surface area contributed by atoms with Gasteiger partial charge in [-0.2, -0.15) is 0 Å². The van der Waals surface area contributed by atoms with Crippen molar-refractivity contribution in [2.45, 2.75) is 32.6 Å². The summed E-state index contributed by atoms with van der Waals surface area (Å²) in [7, 11) is 1.56. The van der Waals surface area contributed by atoms with Gasteiger partial charge in [-0.05, 0) is 50.5 Å². The number of hydrogen-bond donors (Lipinski definition) is 1. The fourth-order valence-corrected chi connectivity index (χ4v) is 3.49. The summed E-state index contributed by atoms with van der Waals surface area (Å²) in [5.41, 5.74) is 3.35. The van der Waals surface area contributed by atoms with Crippen LogP contribution in [0.2, 0.25) is 0 Å². The highest BCUT2D eigenvalue weighted by Crippen LogP contribution is 2.40. The number of ketones is 1. The number of hydrogen-bond acceptors (Lipinski definition) is 5. The Bertz CT molecular complexity index is 1000. The largest absolute Gasteiger partial charge is 0.496 e. The Morgan fingerprint density at radius 3 is 2.77 bits per heavy atom. The van der Waals surface area contributed by atoms with E-state index < -0.39 is 0 Å². The van der Waals surface area contributed by atoms with Gasteiger partial charge in [0.15, 0.2) is 5.78 Å². The summed E-state index contributed by atoms with van der Waals surface area (Å²) in [6, 6.07) is 5.38. The van der Waals surface area contributed by atoms with E-state index in [0.717, 1.165) is 28.6 Å². The van der Waals surface area contributed by atoms with Crippen LogP contribution in [0.1, 0.15) is 51.8 Å². The number of nitrogens with one attached hydrogen (secondary N) is 1. The Morgan fingerprint density at radius 2 is 2.08 bits per heavy atom. The zero-order valence-corrected chi connectivity index (χ0v) is 16.3. The second-order valence-corrected chi connectivity index (χ2v) is 7.43. The summed E-state index contributed by atoms with van der Waals surface area (Å²) in [4.78, 5) is 16.4. The Hall–Kier alpha value is -2.41. The first kappa shape index (κ1) is 17.0. The number of aromatic amines is 1. The standard InChI is InChI=1S/C19H18BrN3O3/c1-9-15(17(24)13-8-12(20)6-7-14(13)25-3)10(2)21-16(9)19-23-22-18(26-19)11-4-5-11/h6-8,11,21H,4-5H2,1-3H3. The highest BCUT2D eigenvalue weighted by Gasteiger charge is 2.31. The summed E-state index contributed by atoms with van der Waals surface area (Å²) < 4.78 is 12.0. The van der Waals surface area contributed by atoms with E-state index in [1.807, 2.05) is 19.9 Å². The van der Waals surface area contributed by atoms with Crippen molar-refractivity contribution < 1.29 is 13.9 Å². The van der Waals surface area contributed by atoms with Gasteiger partial charge in [0, 0.05) is 21.6 Å². The number of aryl methyl sites for hydroxylation is 1. The molecule has 1 aliphatic carbocycles. The third-order valence-corrected chi connectivity index (χ3v) is 5.15. The topological polar surface area (TPSA) is 81.0 Å². The molecule has 3 aromatic rings. The summed E-state index contributed by atoms with van der Waals surface area (Å²) in [6.07, 6.45) is 2.19. The van der Waals surface area contributed by atoms with Crippen molar-refractivity contribution in [3.8, 4) is 17.3 Å². The maximum Gasteiger partial charge on any atom is 0.264 e. The van der Waals surface area contributed by atoms with Gasteiger partial charge in [0.05, 0.1) is 12.7 Å². The second-order valence-electron chi connectivity index (χ2n) is 6.52. The fourth-order valence-electron chi connectivity index (χ4n) is 3.13. The Kier molecular flexibility index (Phi) is 4.19. The van der Waals surface area contributed by atoms with Gasteiger partial charge in [0.2, 0.25) is 5.89 Å². The number of ether oxygens (including phenoxy) is 1. The van der Waals surface area contributed by atoms with Gasteiger partial charge in [-0.1, -0.05) is 15.9 Å². The number of rotatable bonds is 5. The molecule has 1 saturated carbocycles. The van der Waals surface area contributed by atoms with Crippen LogP contribution in [0.15, 0.2) is 27.1 Å². The molecule has 0 amide bonds. The molecule has 7 heteroatoms. The first-order valence-electron chi connectivity index (χ1n) is 8.40. The lowest BCUT2D eigenvalue weighted by atomic mass is 9.99. The van der Waals surface area contributed by atoms with Crippen LogP contribution >= 0.6 is 15.9 Å². The van der Waals surface area contributed by atoms with Gasteiger partial charge in [-0.15, -0.1) is 10.2 Å². The Morgan fingerprint density at radius 1 is 1.31 bits per heavy atom. The van der Waals surface area contributed by atoms with E-state index >= 15 is 0 Å². The molecule has 1 N–H and O–H groups in total. The highest BCUT2D eigenvalue weighted by molar-refractivity contribution is 9.10. The maximum atomic E-state index is 13.2. The molecule has 2 aromatic heterocycles. The van der Waals surface area contributed by atoms with Crippen molar-refractivity contribution in [3.63, 3.8) is 0 Å². The van der Waals surface area contributed by atoms with Crippen LogP contribution in [0.25, 0.3) is 11.6 Å². The molecule has 26 heavy (non-hydrogen) atoms. The minimum atomic E-state index is -0.109. The molecule has 0 saturated heterocycles. The van der Waals surface area contributed by atoms with Crippen molar-refractivity contribution in [2.24, 2.45) is 0 Å². The molecule has 6 nitrogen and oxygen atoms in total. The summed E-state index contributed by atoms with van der Waals surface area (Å²) in [5.74, 6) is 1.91. The predicted molar refractivity (Wildman–Crippen MR) is 99.7 cm³/mol. The smallest absolute Gasteiger partial charge is 0.264 e. The van der Waals surface area contributed by atoms with Gasteiger partial charge < -0.3 is 14.1 Å². The monoisotopic (exact) mass is 415 g/mol. The molecule has 2 heterocycles. The Labute approximate surface area is 159 Å². The van der Waals surface area contributed by atoms with E-state index in [4.69, 9.17) is 9.15 Å². The fraction of sp³-hybridized carbons (Fsp3) is 0.316. The van der Waals surface area contributed by atoms with E-state index in [9.17, 15) is 4.79 Å². The van der Waals surface area contributed by atoms with Gasteiger partial charge in [0.1, 0.15) is 11.4 Å². The van der Waals surface area contributed by atoms with E-state index in [0.29, 0.717) is 40.3 Å². The molecule has 0 aliphatic heterocycles. The Balaban J connectivity index is 1.76. The van der Waals surface area contributed by atoms with Crippen LogP contribution in [-0.2, 0) is 0 Å². The van der Waals surface area contributed by atoms with Crippen molar-refractivity contribution in [3.05, 3.63) is 50.9 Å². The molecule has 0 bridgehead atoms. The lowest BCUT2D eigenvalue weighted by Gasteiger charge is -2.09. The first-order chi connectivity index (χ1) is 12.5. The molecule has 0 unspecified atom stereocenters. The summed E-state index contributed by atoms with van der Waals surface area (Å²) in [6.45, 7) is 3.75. The number of carbonyl (C=O) groups is 1. The van der Waals surface area contributed by atoms with Gasteiger partial charge in [0.25, 0.3) is 5.89 Å². The maximum absolute atomic E-state index is 13.2. The molecule has 1 aromatic carbocycles. The third-order valence-electron chi connectivity index (χ3n) is 4.65. The van der Waals surface area contributed by atoms with Crippen molar-refractivity contribution in [1.29, 1.82) is 0 Å². The molecule has 0 spiro atoms. The number of halogens is 1. The van der Waals surface area contributed by atoms with Crippen LogP contribution in [-0.4, -0.2) is 28.1 Å². The van der Waals surface area contributed by atoms with E-state index in [1.165, 1.54) is 0 Å². The number of methoxy groups -OCH3 is 1. The summed E-state index contributed by atoms with van der Waals surface area (Å²) >= 11 is 3.42. The van der Waals surface area contributed by atoms with Crippen molar-refractivity contribution in [1.82, 2.24) is 15.2 Å². The van der Waals surface area contributed by atoms with Crippen LogP contribution < -0.4 is 4.74 Å². The predicted octanol–water partition coefficient (Wildman–Crippen LogP) is 4.56. The number of carbonyl (C=O) groups excluding carboxylic acids is 1.